The molecular formula is C12H12BrClN2. The predicted octanol–water partition coefficient (Wildman–Crippen LogP) is 3.31. The van der Waals surface area contributed by atoms with Gasteiger partial charge in [-0.15, -0.1) is 12.4 Å². The molecule has 0 amide bonds. The van der Waals surface area contributed by atoms with Crippen LogP contribution < -0.4 is 5.73 Å². The van der Waals surface area contributed by atoms with E-state index in [0.717, 1.165) is 15.7 Å². The number of benzene rings is 1. The van der Waals surface area contributed by atoms with Crippen molar-refractivity contribution >= 4 is 28.3 Å². The van der Waals surface area contributed by atoms with E-state index in [4.69, 9.17) is 5.73 Å². The Morgan fingerprint density at radius 1 is 1.06 bits per heavy atom. The third-order valence-electron chi connectivity index (χ3n) is 2.23. The van der Waals surface area contributed by atoms with Crippen LogP contribution in [0.25, 0.3) is 0 Å². The van der Waals surface area contributed by atoms with E-state index >= 15 is 0 Å². The standard InChI is InChI=1S/C12H11BrN2.ClH/c13-10-6-7-11(15-8-10)12(14)9-4-2-1-3-5-9;/h1-8,12H,14H2;1H/t12-;/m0./s1. The number of hydrogen-bond acceptors (Lipinski definition) is 2. The Morgan fingerprint density at radius 2 is 1.75 bits per heavy atom. The van der Waals surface area contributed by atoms with Crippen molar-refractivity contribution in [2.45, 2.75) is 6.04 Å². The second-order valence-electron chi connectivity index (χ2n) is 3.29. The number of hydrogen-bond donors (Lipinski definition) is 1. The van der Waals surface area contributed by atoms with Gasteiger partial charge in [-0.3, -0.25) is 4.98 Å². The molecule has 2 nitrogen and oxygen atoms in total. The van der Waals surface area contributed by atoms with Crippen LogP contribution in [0.4, 0.5) is 0 Å². The molecule has 0 saturated carbocycles. The lowest BCUT2D eigenvalue weighted by molar-refractivity contribution is 0.828. The van der Waals surface area contributed by atoms with Crippen LogP contribution >= 0.6 is 28.3 Å². The fraction of sp³-hybridized carbons (Fsp3) is 0.0833. The summed E-state index contributed by atoms with van der Waals surface area (Å²) in [6.07, 6.45) is 1.76. The van der Waals surface area contributed by atoms with E-state index in [1.807, 2.05) is 42.5 Å². The summed E-state index contributed by atoms with van der Waals surface area (Å²) in [5.41, 5.74) is 8.04. The normalized spacial score (nSPS) is 11.6. The number of nitrogens with zero attached hydrogens (tertiary/aromatic N) is 1. The highest BCUT2D eigenvalue weighted by molar-refractivity contribution is 9.10. The quantitative estimate of drug-likeness (QED) is 0.924. The van der Waals surface area contributed by atoms with Crippen LogP contribution in [-0.2, 0) is 0 Å². The van der Waals surface area contributed by atoms with Crippen molar-refractivity contribution in [2.24, 2.45) is 5.73 Å². The van der Waals surface area contributed by atoms with Crippen LogP contribution in [0, 0.1) is 0 Å². The molecule has 1 atom stereocenters. The largest absolute Gasteiger partial charge is 0.319 e. The average Bonchev–Trinajstić information content (AvgIpc) is 2.30. The van der Waals surface area contributed by atoms with Crippen molar-refractivity contribution in [3.63, 3.8) is 0 Å². The molecule has 0 unspecified atom stereocenters. The number of rotatable bonds is 2. The molecule has 0 aliphatic carbocycles. The lowest BCUT2D eigenvalue weighted by atomic mass is 10.0. The molecule has 84 valence electrons. The predicted molar refractivity (Wildman–Crippen MR) is 71.7 cm³/mol. The monoisotopic (exact) mass is 298 g/mol. The maximum absolute atomic E-state index is 6.09. The van der Waals surface area contributed by atoms with E-state index in [1.54, 1.807) is 6.20 Å². The van der Waals surface area contributed by atoms with Crippen molar-refractivity contribution < 1.29 is 0 Å². The van der Waals surface area contributed by atoms with Gasteiger partial charge in [-0.2, -0.15) is 0 Å². The van der Waals surface area contributed by atoms with Crippen LogP contribution in [0.3, 0.4) is 0 Å². The maximum Gasteiger partial charge on any atom is 0.0726 e. The molecule has 0 radical (unpaired) electrons. The zero-order chi connectivity index (χ0) is 10.7. The first-order chi connectivity index (χ1) is 7.27. The van der Waals surface area contributed by atoms with Crippen molar-refractivity contribution in [2.75, 3.05) is 0 Å². The Morgan fingerprint density at radius 3 is 2.31 bits per heavy atom. The Hall–Kier alpha value is -0.900. The molecule has 2 rings (SSSR count). The van der Waals surface area contributed by atoms with Gasteiger partial charge in [0.05, 0.1) is 11.7 Å². The van der Waals surface area contributed by atoms with Crippen LogP contribution in [0.1, 0.15) is 17.3 Å². The molecule has 1 aromatic carbocycles. The van der Waals surface area contributed by atoms with E-state index in [9.17, 15) is 0 Å². The van der Waals surface area contributed by atoms with E-state index in [-0.39, 0.29) is 18.4 Å². The molecule has 2 aromatic rings. The van der Waals surface area contributed by atoms with Gasteiger partial charge in [0, 0.05) is 10.7 Å². The first-order valence-corrected chi connectivity index (χ1v) is 5.48. The molecular weight excluding hydrogens is 288 g/mol. The molecule has 0 fully saturated rings. The van der Waals surface area contributed by atoms with Crippen molar-refractivity contribution in [1.29, 1.82) is 0 Å². The molecule has 2 N–H and O–H groups in total. The van der Waals surface area contributed by atoms with Crippen molar-refractivity contribution in [3.8, 4) is 0 Å². The summed E-state index contributed by atoms with van der Waals surface area (Å²) in [6, 6.07) is 13.7. The molecule has 1 aromatic heterocycles. The summed E-state index contributed by atoms with van der Waals surface area (Å²) in [5.74, 6) is 0. The molecule has 0 spiro atoms. The molecule has 0 saturated heterocycles. The van der Waals surface area contributed by atoms with E-state index < -0.39 is 0 Å². The molecule has 0 aliphatic heterocycles. The smallest absolute Gasteiger partial charge is 0.0726 e. The molecule has 0 aliphatic rings. The molecule has 16 heavy (non-hydrogen) atoms. The van der Waals surface area contributed by atoms with Gasteiger partial charge in [0.1, 0.15) is 0 Å². The molecule has 4 heteroatoms. The number of halogens is 2. The van der Waals surface area contributed by atoms with Crippen LogP contribution in [-0.4, -0.2) is 4.98 Å². The van der Waals surface area contributed by atoms with Gasteiger partial charge >= 0.3 is 0 Å². The fourth-order valence-corrected chi connectivity index (χ4v) is 1.64. The first kappa shape index (κ1) is 13.2. The molecule has 1 heterocycles. The van der Waals surface area contributed by atoms with Gasteiger partial charge in [0.25, 0.3) is 0 Å². The first-order valence-electron chi connectivity index (χ1n) is 4.69. The van der Waals surface area contributed by atoms with Gasteiger partial charge < -0.3 is 5.73 Å². The SMILES string of the molecule is Cl.N[C@@H](c1ccccc1)c1ccc(Br)cn1. The summed E-state index contributed by atoms with van der Waals surface area (Å²) >= 11 is 3.35. The van der Waals surface area contributed by atoms with Crippen LogP contribution in [0.15, 0.2) is 53.1 Å². The van der Waals surface area contributed by atoms with Crippen LogP contribution in [0.2, 0.25) is 0 Å². The van der Waals surface area contributed by atoms with Gasteiger partial charge in [0.2, 0.25) is 0 Å². The minimum absolute atomic E-state index is 0. The molecule has 0 bridgehead atoms. The number of aromatic nitrogens is 1. The van der Waals surface area contributed by atoms with E-state index in [1.165, 1.54) is 0 Å². The van der Waals surface area contributed by atoms with E-state index in [0.29, 0.717) is 0 Å². The number of pyridine rings is 1. The fourth-order valence-electron chi connectivity index (χ4n) is 1.40. The second-order valence-corrected chi connectivity index (χ2v) is 4.21. The number of nitrogens with two attached hydrogens (primary N) is 1. The summed E-state index contributed by atoms with van der Waals surface area (Å²) in [6.45, 7) is 0. The van der Waals surface area contributed by atoms with E-state index in [2.05, 4.69) is 20.9 Å². The highest BCUT2D eigenvalue weighted by atomic mass is 79.9. The van der Waals surface area contributed by atoms with Gasteiger partial charge in [0.15, 0.2) is 0 Å². The minimum atomic E-state index is -0.153. The lowest BCUT2D eigenvalue weighted by Crippen LogP contribution is -2.13. The zero-order valence-corrected chi connectivity index (χ0v) is 10.9. The van der Waals surface area contributed by atoms with Crippen molar-refractivity contribution in [1.82, 2.24) is 4.98 Å². The lowest BCUT2D eigenvalue weighted by Gasteiger charge is -2.10. The van der Waals surface area contributed by atoms with Crippen LogP contribution in [0.5, 0.6) is 0 Å². The second kappa shape index (κ2) is 5.99. The highest BCUT2D eigenvalue weighted by Gasteiger charge is 2.08. The minimum Gasteiger partial charge on any atom is -0.319 e. The summed E-state index contributed by atoms with van der Waals surface area (Å²) in [4.78, 5) is 4.28. The van der Waals surface area contributed by atoms with Gasteiger partial charge in [-0.25, -0.2) is 0 Å². The Balaban J connectivity index is 0.00000128. The van der Waals surface area contributed by atoms with Crippen molar-refractivity contribution in [3.05, 3.63) is 64.4 Å². The Kier molecular flexibility index (Phi) is 4.93. The third-order valence-corrected chi connectivity index (χ3v) is 2.70. The topological polar surface area (TPSA) is 38.9 Å². The third kappa shape index (κ3) is 3.04. The zero-order valence-electron chi connectivity index (χ0n) is 8.51. The summed E-state index contributed by atoms with van der Waals surface area (Å²) < 4.78 is 0.964. The van der Waals surface area contributed by atoms with Gasteiger partial charge in [-0.1, -0.05) is 30.3 Å². The summed E-state index contributed by atoms with van der Waals surface area (Å²) in [5, 5.41) is 0. The highest BCUT2D eigenvalue weighted by Crippen LogP contribution is 2.18. The Bertz CT molecular complexity index is 431. The van der Waals surface area contributed by atoms with Gasteiger partial charge in [-0.05, 0) is 33.6 Å². The maximum atomic E-state index is 6.09. The average molecular weight is 300 g/mol. The summed E-state index contributed by atoms with van der Waals surface area (Å²) in [7, 11) is 0. The Labute approximate surface area is 109 Å².